The van der Waals surface area contributed by atoms with Gasteiger partial charge in [0.25, 0.3) is 0 Å². The third-order valence-electron chi connectivity index (χ3n) is 4.22. The lowest BCUT2D eigenvalue weighted by Gasteiger charge is -2.18. The predicted molar refractivity (Wildman–Crippen MR) is 93.4 cm³/mol. The molecule has 1 heterocycles. The summed E-state index contributed by atoms with van der Waals surface area (Å²) in [6.45, 7) is 4.20. The summed E-state index contributed by atoms with van der Waals surface area (Å²) in [5, 5.41) is 0. The van der Waals surface area contributed by atoms with Gasteiger partial charge in [-0.1, -0.05) is 6.07 Å². The molecule has 0 spiro atoms. The Balaban J connectivity index is 1.81. The van der Waals surface area contributed by atoms with Crippen LogP contribution in [0.3, 0.4) is 0 Å². The first-order valence-corrected chi connectivity index (χ1v) is 9.53. The molecule has 2 aromatic rings. The van der Waals surface area contributed by atoms with Gasteiger partial charge in [0.1, 0.15) is 6.04 Å². The van der Waals surface area contributed by atoms with Crippen molar-refractivity contribution in [1.82, 2.24) is 4.72 Å². The van der Waals surface area contributed by atoms with Gasteiger partial charge in [-0.3, -0.25) is 4.79 Å². The van der Waals surface area contributed by atoms with E-state index in [1.54, 1.807) is 0 Å². The molecule has 26 heavy (non-hydrogen) atoms. The van der Waals surface area contributed by atoms with Crippen LogP contribution in [0, 0.1) is 25.5 Å². The van der Waals surface area contributed by atoms with Crippen molar-refractivity contribution < 1.29 is 22.0 Å². The quantitative estimate of drug-likeness (QED) is 0.887. The van der Waals surface area contributed by atoms with Crippen molar-refractivity contribution in [2.45, 2.75) is 31.2 Å². The second-order valence-electron chi connectivity index (χ2n) is 6.37. The lowest BCUT2D eigenvalue weighted by molar-refractivity contribution is -0.118. The maximum absolute atomic E-state index is 13.3. The molecular formula is C18H18F2N2O3S. The third-order valence-corrected chi connectivity index (χ3v) is 5.69. The van der Waals surface area contributed by atoms with E-state index in [1.807, 2.05) is 32.0 Å². The molecule has 1 unspecified atom stereocenters. The van der Waals surface area contributed by atoms with Gasteiger partial charge in [0.2, 0.25) is 15.9 Å². The highest BCUT2D eigenvalue weighted by atomic mass is 32.2. The van der Waals surface area contributed by atoms with Gasteiger partial charge in [0, 0.05) is 12.2 Å². The minimum Gasteiger partial charge on any atom is -0.311 e. The first-order valence-electron chi connectivity index (χ1n) is 8.04. The Hall–Kier alpha value is -2.32. The molecule has 2 aromatic carbocycles. The number of sulfonamides is 1. The van der Waals surface area contributed by atoms with Crippen molar-refractivity contribution >= 4 is 21.6 Å². The van der Waals surface area contributed by atoms with Gasteiger partial charge >= 0.3 is 0 Å². The average molecular weight is 380 g/mol. The van der Waals surface area contributed by atoms with E-state index in [1.165, 1.54) is 4.90 Å². The van der Waals surface area contributed by atoms with Crippen molar-refractivity contribution in [3.05, 3.63) is 59.2 Å². The molecule has 1 fully saturated rings. The summed E-state index contributed by atoms with van der Waals surface area (Å²) in [6.07, 6.45) is 0.286. The lowest BCUT2D eigenvalue weighted by Crippen LogP contribution is -2.41. The molecule has 0 saturated carbocycles. The van der Waals surface area contributed by atoms with Gasteiger partial charge in [-0.05, 0) is 61.7 Å². The SMILES string of the molecule is Cc1cc(C)cc(N2CCC(NS(=O)(=O)c3ccc(F)c(F)c3)C2=O)c1. The van der Waals surface area contributed by atoms with Gasteiger partial charge in [0.05, 0.1) is 4.90 Å². The minimum absolute atomic E-state index is 0.286. The number of anilines is 1. The number of nitrogens with one attached hydrogen (secondary N) is 1. The second kappa shape index (κ2) is 6.77. The first-order chi connectivity index (χ1) is 12.2. The van der Waals surface area contributed by atoms with Crippen LogP contribution in [-0.4, -0.2) is 26.9 Å². The highest BCUT2D eigenvalue weighted by molar-refractivity contribution is 7.89. The summed E-state index contributed by atoms with van der Waals surface area (Å²) in [7, 11) is -4.14. The van der Waals surface area contributed by atoms with Gasteiger partial charge in [0.15, 0.2) is 11.6 Å². The first kappa shape index (κ1) is 18.5. The van der Waals surface area contributed by atoms with Crippen molar-refractivity contribution in [3.8, 4) is 0 Å². The second-order valence-corrected chi connectivity index (χ2v) is 8.09. The molecule has 0 bridgehead atoms. The number of rotatable bonds is 4. The monoisotopic (exact) mass is 380 g/mol. The molecule has 0 aromatic heterocycles. The molecule has 5 nitrogen and oxygen atoms in total. The van der Waals surface area contributed by atoms with Crippen LogP contribution in [0.1, 0.15) is 17.5 Å². The fourth-order valence-electron chi connectivity index (χ4n) is 3.05. The Bertz CT molecular complexity index is 956. The molecule has 0 aliphatic carbocycles. The van der Waals surface area contributed by atoms with Crippen molar-refractivity contribution in [2.75, 3.05) is 11.4 Å². The van der Waals surface area contributed by atoms with E-state index in [0.717, 1.165) is 23.3 Å². The number of hydrogen-bond donors (Lipinski definition) is 1. The van der Waals surface area contributed by atoms with Crippen LogP contribution >= 0.6 is 0 Å². The molecular weight excluding hydrogens is 362 g/mol. The van der Waals surface area contributed by atoms with Crippen LogP contribution in [0.15, 0.2) is 41.3 Å². The summed E-state index contributed by atoms with van der Waals surface area (Å²) in [4.78, 5) is 13.7. The largest absolute Gasteiger partial charge is 0.311 e. The minimum atomic E-state index is -4.14. The Kier molecular flexibility index (Phi) is 4.81. The van der Waals surface area contributed by atoms with Crippen molar-refractivity contribution in [2.24, 2.45) is 0 Å². The Morgan fingerprint density at radius 3 is 2.31 bits per heavy atom. The molecule has 1 saturated heterocycles. The van der Waals surface area contributed by atoms with Gasteiger partial charge in [-0.2, -0.15) is 4.72 Å². The van der Waals surface area contributed by atoms with E-state index >= 15 is 0 Å². The van der Waals surface area contributed by atoms with Gasteiger partial charge in [-0.15, -0.1) is 0 Å². The van der Waals surface area contributed by atoms with Crippen molar-refractivity contribution in [3.63, 3.8) is 0 Å². The number of halogens is 2. The van der Waals surface area contributed by atoms with E-state index in [-0.39, 0.29) is 12.3 Å². The molecule has 1 N–H and O–H groups in total. The van der Waals surface area contributed by atoms with Crippen LogP contribution in [0.5, 0.6) is 0 Å². The van der Waals surface area contributed by atoms with Crippen LogP contribution in [0.4, 0.5) is 14.5 Å². The molecule has 1 amide bonds. The number of carbonyl (C=O) groups is 1. The summed E-state index contributed by atoms with van der Waals surface area (Å²) in [5.74, 6) is -2.77. The van der Waals surface area contributed by atoms with E-state index in [0.29, 0.717) is 18.3 Å². The molecule has 3 rings (SSSR count). The number of amides is 1. The summed E-state index contributed by atoms with van der Waals surface area (Å²) in [5.41, 5.74) is 2.71. The Morgan fingerprint density at radius 1 is 1.04 bits per heavy atom. The summed E-state index contributed by atoms with van der Waals surface area (Å²) < 4.78 is 53.4. The van der Waals surface area contributed by atoms with Crippen LogP contribution in [-0.2, 0) is 14.8 Å². The van der Waals surface area contributed by atoms with Gasteiger partial charge in [-0.25, -0.2) is 17.2 Å². The zero-order valence-corrected chi connectivity index (χ0v) is 15.1. The number of carbonyl (C=O) groups excluding carboxylic acids is 1. The van der Waals surface area contributed by atoms with E-state index in [9.17, 15) is 22.0 Å². The van der Waals surface area contributed by atoms with Crippen LogP contribution < -0.4 is 9.62 Å². The predicted octanol–water partition coefficient (Wildman–Crippen LogP) is 2.67. The molecule has 1 atom stereocenters. The third kappa shape index (κ3) is 3.61. The Labute approximate surface area is 150 Å². The zero-order valence-electron chi connectivity index (χ0n) is 14.3. The fourth-order valence-corrected chi connectivity index (χ4v) is 4.29. The normalized spacial score (nSPS) is 17.8. The van der Waals surface area contributed by atoms with E-state index in [4.69, 9.17) is 0 Å². The highest BCUT2D eigenvalue weighted by Gasteiger charge is 2.36. The number of aryl methyl sites for hydroxylation is 2. The topological polar surface area (TPSA) is 66.5 Å². The Morgan fingerprint density at radius 2 is 1.69 bits per heavy atom. The maximum Gasteiger partial charge on any atom is 0.245 e. The standard InChI is InChI=1S/C18H18F2N2O3S/c1-11-7-12(2)9-13(8-11)22-6-5-17(18(22)23)21-26(24,25)14-3-4-15(19)16(20)10-14/h3-4,7-10,17,21H,5-6H2,1-2H3. The summed E-state index contributed by atoms with van der Waals surface area (Å²) in [6, 6.07) is 7.04. The molecule has 1 aliphatic heterocycles. The number of benzene rings is 2. The molecule has 8 heteroatoms. The maximum atomic E-state index is 13.3. The molecule has 1 aliphatic rings. The molecule has 0 radical (unpaired) electrons. The van der Waals surface area contributed by atoms with Crippen molar-refractivity contribution in [1.29, 1.82) is 0 Å². The van der Waals surface area contributed by atoms with E-state index < -0.39 is 32.6 Å². The zero-order chi connectivity index (χ0) is 19.1. The smallest absolute Gasteiger partial charge is 0.245 e. The molecule has 138 valence electrons. The number of nitrogens with zero attached hydrogens (tertiary/aromatic N) is 1. The lowest BCUT2D eigenvalue weighted by atomic mass is 10.1. The fraction of sp³-hybridized carbons (Fsp3) is 0.278. The highest BCUT2D eigenvalue weighted by Crippen LogP contribution is 2.25. The van der Waals surface area contributed by atoms with Gasteiger partial charge < -0.3 is 4.90 Å². The number of hydrogen-bond acceptors (Lipinski definition) is 3. The van der Waals surface area contributed by atoms with Crippen LogP contribution in [0.25, 0.3) is 0 Å². The summed E-state index contributed by atoms with van der Waals surface area (Å²) >= 11 is 0. The van der Waals surface area contributed by atoms with Crippen LogP contribution in [0.2, 0.25) is 0 Å². The average Bonchev–Trinajstić information content (AvgIpc) is 2.89. The van der Waals surface area contributed by atoms with E-state index in [2.05, 4.69) is 4.72 Å².